The zero-order chi connectivity index (χ0) is 14.3. The van der Waals surface area contributed by atoms with Crippen LogP contribution in [-0.2, 0) is 16.0 Å². The summed E-state index contributed by atoms with van der Waals surface area (Å²) in [5.41, 5.74) is 0.864. The molecule has 1 amide bonds. The summed E-state index contributed by atoms with van der Waals surface area (Å²) in [7, 11) is 0. The Morgan fingerprint density at radius 2 is 2.26 bits per heavy atom. The predicted molar refractivity (Wildman–Crippen MR) is 70.5 cm³/mol. The van der Waals surface area contributed by atoms with Crippen LogP contribution in [-0.4, -0.2) is 33.0 Å². The van der Waals surface area contributed by atoms with Crippen molar-refractivity contribution in [3.8, 4) is 0 Å². The first-order valence-corrected chi connectivity index (χ1v) is 6.55. The number of aromatic nitrogens is 2. The number of nitrogens with zero attached hydrogens (tertiary/aromatic N) is 1. The molecule has 3 N–H and O–H groups in total. The molecule has 0 saturated carbocycles. The highest BCUT2D eigenvalue weighted by molar-refractivity contribution is 5.84. The molecule has 0 aliphatic heterocycles. The molecule has 1 heterocycles. The van der Waals surface area contributed by atoms with Crippen molar-refractivity contribution in [2.75, 3.05) is 0 Å². The van der Waals surface area contributed by atoms with Gasteiger partial charge in [-0.05, 0) is 6.42 Å². The van der Waals surface area contributed by atoms with Crippen molar-refractivity contribution in [1.29, 1.82) is 0 Å². The molecule has 1 aromatic heterocycles. The number of imidazole rings is 1. The molecule has 6 heteroatoms. The van der Waals surface area contributed by atoms with Gasteiger partial charge in [-0.25, -0.2) is 9.78 Å². The van der Waals surface area contributed by atoms with Gasteiger partial charge in [0.2, 0.25) is 5.91 Å². The van der Waals surface area contributed by atoms with Crippen molar-refractivity contribution >= 4 is 11.9 Å². The van der Waals surface area contributed by atoms with Crippen molar-refractivity contribution in [1.82, 2.24) is 15.3 Å². The van der Waals surface area contributed by atoms with Crippen LogP contribution >= 0.6 is 0 Å². The Labute approximate surface area is 112 Å². The number of carboxylic acid groups (broad SMARTS) is 1. The molecule has 0 fully saturated rings. The topological polar surface area (TPSA) is 95.1 Å². The lowest BCUT2D eigenvalue weighted by molar-refractivity contribution is -0.142. The standard InChI is InChI=1S/C13H21N3O3/c1-3-4-5-11(13(18)19)16-12(17)9(2)6-10-7-14-8-15-10/h7-9,11H,3-6H2,1-2H3,(H,14,15)(H,16,17)(H,18,19)/t9-,11-/m0/s1. The average molecular weight is 267 g/mol. The average Bonchev–Trinajstić information content (AvgIpc) is 2.86. The van der Waals surface area contributed by atoms with Crippen LogP contribution in [0.15, 0.2) is 12.5 Å². The van der Waals surface area contributed by atoms with Crippen LogP contribution in [0.1, 0.15) is 38.8 Å². The molecule has 19 heavy (non-hydrogen) atoms. The van der Waals surface area contributed by atoms with E-state index in [4.69, 9.17) is 5.11 Å². The van der Waals surface area contributed by atoms with E-state index in [1.54, 1.807) is 19.4 Å². The maximum atomic E-state index is 11.9. The molecular weight excluding hydrogens is 246 g/mol. The highest BCUT2D eigenvalue weighted by Gasteiger charge is 2.22. The number of hydrogen-bond acceptors (Lipinski definition) is 3. The third kappa shape index (κ3) is 5.11. The molecule has 1 rings (SSSR count). The van der Waals surface area contributed by atoms with E-state index in [1.807, 2.05) is 6.92 Å². The number of unbranched alkanes of at least 4 members (excludes halogenated alkanes) is 1. The third-order valence-corrected chi connectivity index (χ3v) is 2.99. The number of hydrogen-bond donors (Lipinski definition) is 3. The van der Waals surface area contributed by atoms with Gasteiger partial charge < -0.3 is 15.4 Å². The summed E-state index contributed by atoms with van der Waals surface area (Å²) >= 11 is 0. The molecule has 0 bridgehead atoms. The van der Waals surface area contributed by atoms with Crippen LogP contribution in [0, 0.1) is 5.92 Å². The number of H-pyrrole nitrogens is 1. The maximum Gasteiger partial charge on any atom is 0.326 e. The van der Waals surface area contributed by atoms with E-state index in [0.717, 1.165) is 18.5 Å². The van der Waals surface area contributed by atoms with Crippen LogP contribution in [0.4, 0.5) is 0 Å². The van der Waals surface area contributed by atoms with Gasteiger partial charge in [0.25, 0.3) is 0 Å². The Morgan fingerprint density at radius 1 is 1.53 bits per heavy atom. The molecule has 0 radical (unpaired) electrons. The maximum absolute atomic E-state index is 11.9. The first-order valence-electron chi connectivity index (χ1n) is 6.55. The molecule has 0 unspecified atom stereocenters. The quantitative estimate of drug-likeness (QED) is 0.662. The minimum absolute atomic E-state index is 0.238. The van der Waals surface area contributed by atoms with Crippen LogP contribution < -0.4 is 5.32 Å². The monoisotopic (exact) mass is 267 g/mol. The van der Waals surface area contributed by atoms with Crippen LogP contribution in [0.5, 0.6) is 0 Å². The number of carboxylic acids is 1. The number of carbonyl (C=O) groups is 2. The summed E-state index contributed by atoms with van der Waals surface area (Å²) in [6.07, 6.45) is 5.90. The van der Waals surface area contributed by atoms with E-state index in [9.17, 15) is 9.59 Å². The Balaban J connectivity index is 2.48. The number of rotatable bonds is 8. The van der Waals surface area contributed by atoms with E-state index in [1.165, 1.54) is 0 Å². The van der Waals surface area contributed by atoms with Gasteiger partial charge in [-0.15, -0.1) is 0 Å². The second kappa shape index (κ2) is 7.56. The summed E-state index contributed by atoms with van der Waals surface area (Å²) < 4.78 is 0. The minimum Gasteiger partial charge on any atom is -0.480 e. The molecule has 0 spiro atoms. The van der Waals surface area contributed by atoms with Gasteiger partial charge >= 0.3 is 5.97 Å². The highest BCUT2D eigenvalue weighted by Crippen LogP contribution is 2.07. The Hall–Kier alpha value is -1.85. The SMILES string of the molecule is CCCC[C@H](NC(=O)[C@@H](C)Cc1cnc[nH]1)C(=O)O. The van der Waals surface area contributed by atoms with E-state index in [2.05, 4.69) is 15.3 Å². The summed E-state index contributed by atoms with van der Waals surface area (Å²) in [6, 6.07) is -0.795. The number of amides is 1. The first-order chi connectivity index (χ1) is 9.04. The smallest absolute Gasteiger partial charge is 0.326 e. The van der Waals surface area contributed by atoms with E-state index >= 15 is 0 Å². The lowest BCUT2D eigenvalue weighted by atomic mass is 10.0. The predicted octanol–water partition coefficient (Wildman–Crippen LogP) is 1.35. The lowest BCUT2D eigenvalue weighted by Crippen LogP contribution is -2.43. The van der Waals surface area contributed by atoms with Crippen molar-refractivity contribution in [2.45, 2.75) is 45.6 Å². The fourth-order valence-electron chi connectivity index (χ4n) is 1.80. The zero-order valence-electron chi connectivity index (χ0n) is 11.3. The highest BCUT2D eigenvalue weighted by atomic mass is 16.4. The Bertz CT molecular complexity index is 403. The van der Waals surface area contributed by atoms with Crippen molar-refractivity contribution in [3.63, 3.8) is 0 Å². The van der Waals surface area contributed by atoms with Gasteiger partial charge in [-0.2, -0.15) is 0 Å². The Kier molecular flexibility index (Phi) is 6.05. The molecule has 2 atom stereocenters. The van der Waals surface area contributed by atoms with Crippen molar-refractivity contribution in [2.24, 2.45) is 5.92 Å². The molecule has 6 nitrogen and oxygen atoms in total. The third-order valence-electron chi connectivity index (χ3n) is 2.99. The van der Waals surface area contributed by atoms with Crippen LogP contribution in [0.25, 0.3) is 0 Å². The Morgan fingerprint density at radius 3 is 2.79 bits per heavy atom. The number of carbonyl (C=O) groups excluding carboxylic acids is 1. The molecule has 106 valence electrons. The summed E-state index contributed by atoms with van der Waals surface area (Å²) in [5.74, 6) is -1.50. The van der Waals surface area contributed by atoms with Gasteiger partial charge in [0.15, 0.2) is 0 Å². The van der Waals surface area contributed by atoms with Crippen LogP contribution in [0.2, 0.25) is 0 Å². The summed E-state index contributed by atoms with van der Waals surface area (Å²) in [5, 5.41) is 11.6. The first kappa shape index (κ1) is 15.2. The molecule has 0 aliphatic rings. The summed E-state index contributed by atoms with van der Waals surface area (Å²) in [4.78, 5) is 29.8. The molecule has 0 aromatic carbocycles. The van der Waals surface area contributed by atoms with Gasteiger partial charge in [0.1, 0.15) is 6.04 Å². The largest absolute Gasteiger partial charge is 0.480 e. The van der Waals surface area contributed by atoms with E-state index in [0.29, 0.717) is 12.8 Å². The van der Waals surface area contributed by atoms with Crippen molar-refractivity contribution < 1.29 is 14.7 Å². The van der Waals surface area contributed by atoms with E-state index < -0.39 is 12.0 Å². The molecule has 1 aromatic rings. The fraction of sp³-hybridized carbons (Fsp3) is 0.615. The zero-order valence-corrected chi connectivity index (χ0v) is 11.3. The molecule has 0 saturated heterocycles. The molecular formula is C13H21N3O3. The number of nitrogens with one attached hydrogen (secondary N) is 2. The normalized spacial score (nSPS) is 13.8. The van der Waals surface area contributed by atoms with Gasteiger partial charge in [0.05, 0.1) is 6.33 Å². The molecule has 0 aliphatic carbocycles. The van der Waals surface area contributed by atoms with Gasteiger partial charge in [-0.3, -0.25) is 4.79 Å². The van der Waals surface area contributed by atoms with E-state index in [-0.39, 0.29) is 11.8 Å². The second-order valence-electron chi connectivity index (χ2n) is 4.72. The van der Waals surface area contributed by atoms with Gasteiger partial charge in [0, 0.05) is 24.2 Å². The number of aromatic amines is 1. The number of aliphatic carboxylic acids is 1. The van der Waals surface area contributed by atoms with Crippen LogP contribution in [0.3, 0.4) is 0 Å². The van der Waals surface area contributed by atoms with Gasteiger partial charge in [-0.1, -0.05) is 26.7 Å². The fourth-order valence-corrected chi connectivity index (χ4v) is 1.80. The minimum atomic E-state index is -0.976. The van der Waals surface area contributed by atoms with Crippen molar-refractivity contribution in [3.05, 3.63) is 18.2 Å². The summed E-state index contributed by atoms with van der Waals surface area (Å²) in [6.45, 7) is 3.76. The second-order valence-corrected chi connectivity index (χ2v) is 4.72. The lowest BCUT2D eigenvalue weighted by Gasteiger charge is -2.17.